The Morgan fingerprint density at radius 2 is 2.11 bits per heavy atom. The smallest absolute Gasteiger partial charge is 0.251 e. The topological polar surface area (TPSA) is 66.9 Å². The van der Waals surface area contributed by atoms with E-state index < -0.39 is 0 Å². The first kappa shape index (κ1) is 12.1. The van der Waals surface area contributed by atoms with Gasteiger partial charge in [0.05, 0.1) is 12.2 Å². The summed E-state index contributed by atoms with van der Waals surface area (Å²) in [7, 11) is 0. The van der Waals surface area contributed by atoms with Gasteiger partial charge >= 0.3 is 0 Å². The highest BCUT2D eigenvalue weighted by molar-refractivity contribution is 7.03. The van der Waals surface area contributed by atoms with Crippen LogP contribution in [0.2, 0.25) is 0 Å². The lowest BCUT2D eigenvalue weighted by Gasteiger charge is -2.06. The van der Waals surface area contributed by atoms with Crippen molar-refractivity contribution in [2.24, 2.45) is 0 Å². The monoisotopic (exact) mass is 274 g/mol. The first-order valence-corrected chi connectivity index (χ1v) is 7.05. The molecular formula is C13H14N4OS. The van der Waals surface area contributed by atoms with Crippen LogP contribution in [0.15, 0.2) is 29.6 Å². The van der Waals surface area contributed by atoms with Gasteiger partial charge < -0.3 is 10.6 Å². The lowest BCUT2D eigenvalue weighted by molar-refractivity contribution is 0.0951. The molecule has 19 heavy (non-hydrogen) atoms. The molecule has 0 saturated heterocycles. The fourth-order valence-electron chi connectivity index (χ4n) is 1.69. The zero-order chi connectivity index (χ0) is 13.1. The molecule has 6 heteroatoms. The lowest BCUT2D eigenvalue weighted by atomic mass is 10.2. The Kier molecular flexibility index (Phi) is 3.41. The molecule has 0 atom stereocenters. The van der Waals surface area contributed by atoms with Gasteiger partial charge in [-0.25, -0.2) is 0 Å². The van der Waals surface area contributed by atoms with Crippen molar-refractivity contribution < 1.29 is 4.79 Å². The van der Waals surface area contributed by atoms with Crippen LogP contribution >= 0.6 is 11.5 Å². The fourth-order valence-corrected chi connectivity index (χ4v) is 2.14. The van der Waals surface area contributed by atoms with Crippen LogP contribution in [0.4, 0.5) is 5.69 Å². The quantitative estimate of drug-likeness (QED) is 0.875. The highest BCUT2D eigenvalue weighted by Crippen LogP contribution is 2.19. The standard InChI is InChI=1S/C13H14N4OS/c18-13(15-11-5-6-11)9-1-3-10(4-2-9)14-7-12-8-19-17-16-12/h1-4,8,11,14H,5-7H2,(H,15,18). The van der Waals surface area contributed by atoms with E-state index in [1.807, 2.05) is 29.6 Å². The number of amides is 1. The second kappa shape index (κ2) is 5.36. The minimum Gasteiger partial charge on any atom is -0.379 e. The van der Waals surface area contributed by atoms with Crippen molar-refractivity contribution in [3.63, 3.8) is 0 Å². The van der Waals surface area contributed by atoms with Crippen molar-refractivity contribution >= 4 is 23.1 Å². The Bertz CT molecular complexity index is 549. The molecular weight excluding hydrogens is 260 g/mol. The highest BCUT2D eigenvalue weighted by atomic mass is 32.1. The minimum absolute atomic E-state index is 0.0118. The van der Waals surface area contributed by atoms with Crippen molar-refractivity contribution in [3.8, 4) is 0 Å². The Balaban J connectivity index is 1.57. The van der Waals surface area contributed by atoms with Crippen LogP contribution in [0.3, 0.4) is 0 Å². The maximum absolute atomic E-state index is 11.8. The molecule has 1 aliphatic carbocycles. The van der Waals surface area contributed by atoms with E-state index in [0.29, 0.717) is 18.2 Å². The molecule has 5 nitrogen and oxygen atoms in total. The number of carbonyl (C=O) groups excluding carboxylic acids is 1. The van der Waals surface area contributed by atoms with Gasteiger partial charge in [-0.1, -0.05) is 4.49 Å². The van der Waals surface area contributed by atoms with Crippen molar-refractivity contribution in [2.45, 2.75) is 25.4 Å². The Morgan fingerprint density at radius 1 is 1.32 bits per heavy atom. The van der Waals surface area contributed by atoms with Gasteiger partial charge in [-0.15, -0.1) is 5.10 Å². The van der Waals surface area contributed by atoms with E-state index in [2.05, 4.69) is 20.2 Å². The van der Waals surface area contributed by atoms with Gasteiger partial charge in [0, 0.05) is 22.7 Å². The summed E-state index contributed by atoms with van der Waals surface area (Å²) < 4.78 is 3.80. The predicted octanol–water partition coefficient (Wildman–Crippen LogP) is 2.04. The van der Waals surface area contributed by atoms with Gasteiger partial charge in [0.1, 0.15) is 0 Å². The van der Waals surface area contributed by atoms with Crippen LogP contribution < -0.4 is 10.6 Å². The second-order valence-electron chi connectivity index (χ2n) is 4.57. The van der Waals surface area contributed by atoms with Crippen LogP contribution in [0.5, 0.6) is 0 Å². The highest BCUT2D eigenvalue weighted by Gasteiger charge is 2.23. The van der Waals surface area contributed by atoms with Crippen molar-refractivity contribution in [1.29, 1.82) is 0 Å². The number of hydrogen-bond donors (Lipinski definition) is 2. The maximum Gasteiger partial charge on any atom is 0.251 e. The summed E-state index contributed by atoms with van der Waals surface area (Å²) in [6, 6.07) is 7.87. The van der Waals surface area contributed by atoms with Gasteiger partial charge in [0.2, 0.25) is 0 Å². The first-order valence-electron chi connectivity index (χ1n) is 6.22. The number of benzene rings is 1. The largest absolute Gasteiger partial charge is 0.379 e. The van der Waals surface area contributed by atoms with Crippen molar-refractivity contribution in [1.82, 2.24) is 14.9 Å². The van der Waals surface area contributed by atoms with Gasteiger partial charge in [-0.3, -0.25) is 4.79 Å². The van der Waals surface area contributed by atoms with E-state index in [-0.39, 0.29) is 5.91 Å². The molecule has 1 amide bonds. The van der Waals surface area contributed by atoms with Crippen LogP contribution in [0, 0.1) is 0 Å². The molecule has 1 heterocycles. The van der Waals surface area contributed by atoms with Crippen LogP contribution in [-0.2, 0) is 6.54 Å². The van der Waals surface area contributed by atoms with E-state index in [1.54, 1.807) is 0 Å². The summed E-state index contributed by atoms with van der Waals surface area (Å²) in [5.41, 5.74) is 2.59. The summed E-state index contributed by atoms with van der Waals surface area (Å²) in [6.45, 7) is 0.643. The molecule has 0 spiro atoms. The van der Waals surface area contributed by atoms with Gasteiger partial charge in [0.15, 0.2) is 0 Å². The lowest BCUT2D eigenvalue weighted by Crippen LogP contribution is -2.25. The normalized spacial score (nSPS) is 14.1. The molecule has 1 aromatic carbocycles. The third kappa shape index (κ3) is 3.29. The molecule has 2 aromatic rings. The van der Waals surface area contributed by atoms with Gasteiger partial charge in [0.25, 0.3) is 5.91 Å². The Morgan fingerprint density at radius 3 is 2.74 bits per heavy atom. The van der Waals surface area contributed by atoms with Crippen LogP contribution in [-0.4, -0.2) is 21.5 Å². The SMILES string of the molecule is O=C(NC1CC1)c1ccc(NCc2csnn2)cc1. The molecule has 1 aliphatic rings. The summed E-state index contributed by atoms with van der Waals surface area (Å²) >= 11 is 1.34. The first-order chi connectivity index (χ1) is 9.31. The predicted molar refractivity (Wildman–Crippen MR) is 74.2 cm³/mol. The minimum atomic E-state index is 0.0118. The molecule has 0 aliphatic heterocycles. The van der Waals surface area contributed by atoms with E-state index in [0.717, 1.165) is 24.2 Å². The summed E-state index contributed by atoms with van der Waals surface area (Å²) in [6.07, 6.45) is 2.21. The van der Waals surface area contributed by atoms with E-state index in [1.165, 1.54) is 11.5 Å². The molecule has 0 unspecified atom stereocenters. The number of nitrogens with one attached hydrogen (secondary N) is 2. The third-order valence-corrected chi connectivity index (χ3v) is 3.49. The maximum atomic E-state index is 11.8. The Labute approximate surface area is 115 Å². The average Bonchev–Trinajstić information content (AvgIpc) is 3.09. The molecule has 3 rings (SSSR count). The average molecular weight is 274 g/mol. The zero-order valence-corrected chi connectivity index (χ0v) is 11.1. The molecule has 1 fully saturated rings. The summed E-state index contributed by atoms with van der Waals surface area (Å²) in [5.74, 6) is 0.0118. The Hall–Kier alpha value is -1.95. The molecule has 0 radical (unpaired) electrons. The summed E-state index contributed by atoms with van der Waals surface area (Å²) in [4.78, 5) is 11.8. The van der Waals surface area contributed by atoms with Crippen molar-refractivity contribution in [2.75, 3.05) is 5.32 Å². The van der Waals surface area contributed by atoms with E-state index in [9.17, 15) is 4.79 Å². The second-order valence-corrected chi connectivity index (χ2v) is 5.18. The molecule has 1 saturated carbocycles. The number of anilines is 1. The molecule has 2 N–H and O–H groups in total. The van der Waals surface area contributed by atoms with Crippen molar-refractivity contribution in [3.05, 3.63) is 40.9 Å². The number of nitrogens with zero attached hydrogens (tertiary/aromatic N) is 2. The molecule has 1 aromatic heterocycles. The third-order valence-electron chi connectivity index (χ3n) is 2.94. The van der Waals surface area contributed by atoms with E-state index in [4.69, 9.17) is 0 Å². The van der Waals surface area contributed by atoms with Crippen LogP contribution in [0.25, 0.3) is 0 Å². The zero-order valence-electron chi connectivity index (χ0n) is 10.3. The van der Waals surface area contributed by atoms with E-state index >= 15 is 0 Å². The van der Waals surface area contributed by atoms with Crippen LogP contribution in [0.1, 0.15) is 28.9 Å². The fraction of sp³-hybridized carbons (Fsp3) is 0.308. The number of rotatable bonds is 5. The number of carbonyl (C=O) groups is 1. The summed E-state index contributed by atoms with van der Waals surface area (Å²) in [5, 5.41) is 12.1. The molecule has 98 valence electrons. The number of aromatic nitrogens is 2. The molecule has 0 bridgehead atoms. The van der Waals surface area contributed by atoms with Gasteiger partial charge in [-0.05, 0) is 48.6 Å². The number of hydrogen-bond acceptors (Lipinski definition) is 5. The van der Waals surface area contributed by atoms with Gasteiger partial charge in [-0.2, -0.15) is 0 Å².